The minimum absolute atomic E-state index is 0.133. The number of fused-ring (bicyclic) bond motifs is 1. The predicted octanol–water partition coefficient (Wildman–Crippen LogP) is 3.02. The van der Waals surface area contributed by atoms with Crippen LogP contribution < -0.4 is 16.4 Å². The second kappa shape index (κ2) is 13.5. The summed E-state index contributed by atoms with van der Waals surface area (Å²) < 4.78 is 5.89. The summed E-state index contributed by atoms with van der Waals surface area (Å²) in [6.45, 7) is 6.10. The van der Waals surface area contributed by atoms with E-state index in [9.17, 15) is 14.7 Å². The van der Waals surface area contributed by atoms with E-state index in [-0.39, 0.29) is 23.1 Å². The fourth-order valence-corrected chi connectivity index (χ4v) is 4.23. The third-order valence-corrected chi connectivity index (χ3v) is 5.75. The van der Waals surface area contributed by atoms with Crippen LogP contribution in [0.4, 0.5) is 10.6 Å². The Morgan fingerprint density at radius 1 is 1.17 bits per heavy atom. The van der Waals surface area contributed by atoms with Gasteiger partial charge in [-0.15, -0.1) is 0 Å². The summed E-state index contributed by atoms with van der Waals surface area (Å²) in [5, 5.41) is 18.9. The van der Waals surface area contributed by atoms with Crippen molar-refractivity contribution in [1.82, 2.24) is 15.1 Å². The van der Waals surface area contributed by atoms with Crippen molar-refractivity contribution in [2.24, 2.45) is 5.73 Å². The molecule has 2 aromatic carbocycles. The van der Waals surface area contributed by atoms with Crippen molar-refractivity contribution >= 4 is 44.0 Å². The number of primary amides is 1. The summed E-state index contributed by atoms with van der Waals surface area (Å²) in [7, 11) is 3.22. The number of nitrogens with one attached hydrogen (secondary N) is 2. The first-order valence-electron chi connectivity index (χ1n) is 11.5. The van der Waals surface area contributed by atoms with E-state index in [0.717, 1.165) is 44.7 Å². The zero-order chi connectivity index (χ0) is 26.9. The zero-order valence-corrected chi connectivity index (χ0v) is 25.9. The van der Waals surface area contributed by atoms with Crippen molar-refractivity contribution in [3.8, 4) is 5.69 Å². The number of aliphatic hydroxyl groups excluding tert-OH is 1. The molecule has 3 amide bonds. The van der Waals surface area contributed by atoms with Crippen molar-refractivity contribution in [2.75, 3.05) is 19.5 Å². The van der Waals surface area contributed by atoms with Crippen LogP contribution in [0.1, 0.15) is 47.4 Å². The summed E-state index contributed by atoms with van der Waals surface area (Å²) in [4.78, 5) is 22.9. The Hall–Kier alpha value is -2.77. The molecule has 0 aliphatic heterocycles. The van der Waals surface area contributed by atoms with Crippen LogP contribution in [-0.2, 0) is 14.5 Å². The van der Waals surface area contributed by atoms with Crippen LogP contribution in [0.3, 0.4) is 0 Å². The van der Waals surface area contributed by atoms with E-state index < -0.39 is 6.03 Å². The number of hydrogen-bond donors (Lipinski definition) is 4. The molecule has 1 aliphatic rings. The number of carbonyl (C=O) groups is 2. The van der Waals surface area contributed by atoms with E-state index in [1.807, 2.05) is 36.4 Å². The molecule has 36 heavy (non-hydrogen) atoms. The number of aliphatic hydroxyl groups is 1. The number of carbonyl (C=O) groups excluding carboxylic acids is 2. The number of benzene rings is 2. The molecule has 1 aliphatic carbocycles. The van der Waals surface area contributed by atoms with E-state index in [2.05, 4.69) is 50.5 Å². The average molecular weight is 685 g/mol. The summed E-state index contributed by atoms with van der Waals surface area (Å²) in [5.74, 6) is 0.0481. The summed E-state index contributed by atoms with van der Waals surface area (Å²) in [6.07, 6.45) is 1.54. The molecule has 190 valence electrons. The molecular formula is C26H34N5O4Tl. The molecule has 1 aromatic heterocycles. The topological polar surface area (TPSA) is 132 Å². The van der Waals surface area contributed by atoms with Gasteiger partial charge < -0.3 is 16.2 Å². The number of urea groups is 1. The fraction of sp³-hybridized carbons (Fsp3) is 0.346. The molecule has 0 fully saturated rings. The van der Waals surface area contributed by atoms with Crippen molar-refractivity contribution in [3.63, 3.8) is 0 Å². The Labute approximate surface area is 228 Å². The van der Waals surface area contributed by atoms with Crippen molar-refractivity contribution in [2.45, 2.75) is 45.1 Å². The molecular weight excluding hydrogens is 651 g/mol. The normalized spacial score (nSPS) is 15.2. The summed E-state index contributed by atoms with van der Waals surface area (Å²) >= 11 is 0.718. The van der Waals surface area contributed by atoms with Gasteiger partial charge in [0.1, 0.15) is 5.82 Å². The number of nitrogens with zero attached hydrogens (tertiary/aromatic N) is 2. The van der Waals surface area contributed by atoms with E-state index >= 15 is 0 Å². The number of para-hydroxylation sites is 1. The monoisotopic (exact) mass is 685 g/mol. The SMILES string of the molecule is CC1(C)CC(O)Cc2ccccc21.CNC(=O)c1nn(-c2ccccc2)c(NC(N)=O)c1C.C[O][Tl]. The van der Waals surface area contributed by atoms with Crippen LogP contribution in [0.15, 0.2) is 54.6 Å². The van der Waals surface area contributed by atoms with E-state index in [1.165, 1.54) is 22.9 Å². The van der Waals surface area contributed by atoms with Gasteiger partial charge in [-0.25, -0.2) is 9.48 Å². The number of aromatic nitrogens is 2. The van der Waals surface area contributed by atoms with Gasteiger partial charge in [0.05, 0.1) is 11.8 Å². The quantitative estimate of drug-likeness (QED) is 0.315. The molecule has 1 heterocycles. The van der Waals surface area contributed by atoms with Crippen molar-refractivity contribution in [3.05, 3.63) is 77.0 Å². The van der Waals surface area contributed by atoms with Crippen LogP contribution in [0.5, 0.6) is 0 Å². The molecule has 1 atom stereocenters. The molecule has 9 nitrogen and oxygen atoms in total. The van der Waals surface area contributed by atoms with Crippen molar-refractivity contribution in [1.29, 1.82) is 0 Å². The van der Waals surface area contributed by atoms with Crippen LogP contribution in [-0.4, -0.2) is 73.3 Å². The maximum atomic E-state index is 11.8. The molecule has 0 saturated carbocycles. The molecule has 0 saturated heterocycles. The third-order valence-electron chi connectivity index (χ3n) is 5.75. The van der Waals surface area contributed by atoms with Crippen LogP contribution in [0.2, 0.25) is 0 Å². The van der Waals surface area contributed by atoms with Crippen LogP contribution >= 0.6 is 0 Å². The van der Waals surface area contributed by atoms with E-state index in [1.54, 1.807) is 14.0 Å². The van der Waals surface area contributed by atoms with Gasteiger partial charge in [-0.05, 0) is 48.4 Å². The fourth-order valence-electron chi connectivity index (χ4n) is 4.23. The maximum absolute atomic E-state index is 11.8. The first kappa shape index (κ1) is 29.5. The minimum atomic E-state index is -0.714. The Bertz CT molecular complexity index is 1160. The first-order valence-corrected chi connectivity index (χ1v) is 13.3. The third kappa shape index (κ3) is 7.61. The predicted molar refractivity (Wildman–Crippen MR) is 141 cm³/mol. The van der Waals surface area contributed by atoms with E-state index in [0.29, 0.717) is 11.4 Å². The second-order valence-electron chi connectivity index (χ2n) is 8.98. The summed E-state index contributed by atoms with van der Waals surface area (Å²) in [6, 6.07) is 16.9. The molecule has 0 bridgehead atoms. The van der Waals surface area contributed by atoms with Gasteiger partial charge >= 0.3 is 42.0 Å². The number of anilines is 1. The molecule has 1 unspecified atom stereocenters. The van der Waals surface area contributed by atoms with Gasteiger partial charge in [0.2, 0.25) is 0 Å². The van der Waals surface area contributed by atoms with Crippen LogP contribution in [0, 0.1) is 6.92 Å². The van der Waals surface area contributed by atoms with Gasteiger partial charge in [0.15, 0.2) is 5.69 Å². The first-order chi connectivity index (χ1) is 17.0. The molecule has 3 aromatic rings. The van der Waals surface area contributed by atoms with Gasteiger partial charge in [0.25, 0.3) is 5.91 Å². The molecule has 0 radical (unpaired) electrons. The number of rotatable bonds is 3. The number of hydrogen-bond acceptors (Lipinski definition) is 5. The van der Waals surface area contributed by atoms with Gasteiger partial charge in [-0.3, -0.25) is 10.1 Å². The van der Waals surface area contributed by atoms with Gasteiger partial charge in [-0.1, -0.05) is 56.3 Å². The molecule has 10 heteroatoms. The summed E-state index contributed by atoms with van der Waals surface area (Å²) in [5.41, 5.74) is 9.52. The van der Waals surface area contributed by atoms with Crippen molar-refractivity contribution < 1.29 is 17.4 Å². The standard InChI is InChI=1S/C13H15N5O2.C12H16O.CH3O.Tl/c1-8-10(12(19)15-2)17-18(11(8)16-13(14)20)9-6-4-3-5-7-9;1-12(2)8-10(13)7-9-5-3-4-6-11(9)12;1-2;/h3-7H,1-2H3,(H,15,19)(H3,14,16,20);3-6,10,13H,7-8H2,1-2H3;1H3;/q;;-1;+1. The Morgan fingerprint density at radius 3 is 2.33 bits per heavy atom. The Morgan fingerprint density at radius 2 is 1.75 bits per heavy atom. The van der Waals surface area contributed by atoms with E-state index in [4.69, 9.17) is 5.73 Å². The molecule has 0 spiro atoms. The molecule has 4 rings (SSSR count). The number of nitrogens with two attached hydrogens (primary N) is 1. The number of amides is 3. The average Bonchev–Trinajstić information content (AvgIpc) is 3.15. The Kier molecular flexibility index (Phi) is 11.1. The van der Waals surface area contributed by atoms with Crippen LogP contribution in [0.25, 0.3) is 5.69 Å². The van der Waals surface area contributed by atoms with Gasteiger partial charge in [0, 0.05) is 12.6 Å². The molecule has 5 N–H and O–H groups in total. The Balaban J connectivity index is 0.000000244. The second-order valence-corrected chi connectivity index (χ2v) is 10.8. The zero-order valence-electron chi connectivity index (χ0n) is 21.4. The van der Waals surface area contributed by atoms with Gasteiger partial charge in [-0.2, -0.15) is 5.10 Å².